The molecule has 3 atom stereocenters. The molecule has 3 N–H and O–H groups in total. The molecule has 0 aliphatic carbocycles. The van der Waals surface area contributed by atoms with Crippen LogP contribution in [0.3, 0.4) is 0 Å². The van der Waals surface area contributed by atoms with E-state index >= 15 is 0 Å². The summed E-state index contributed by atoms with van der Waals surface area (Å²) in [6, 6.07) is 35.1. The Morgan fingerprint density at radius 1 is 0.867 bits per heavy atom. The summed E-state index contributed by atoms with van der Waals surface area (Å²) in [6.45, 7) is 2.40. The molecule has 4 aromatic carbocycles. The summed E-state index contributed by atoms with van der Waals surface area (Å²) in [5, 5.41) is 15.7. The van der Waals surface area contributed by atoms with Gasteiger partial charge in [-0.1, -0.05) is 109 Å². The summed E-state index contributed by atoms with van der Waals surface area (Å²) in [5.74, 6) is 1.34. The number of benzene rings is 4. The van der Waals surface area contributed by atoms with Crippen LogP contribution in [-0.2, 0) is 16.1 Å². The maximum atomic E-state index is 12.0. The van der Waals surface area contributed by atoms with Gasteiger partial charge in [-0.15, -0.1) is 0 Å². The molecule has 0 unspecified atom stereocenters. The second kappa shape index (κ2) is 14.6. The number of nitrogens with one attached hydrogen (secondary N) is 2. The minimum atomic E-state index is -0.616. The average molecular weight is 622 g/mol. The van der Waals surface area contributed by atoms with Crippen LogP contribution in [0.2, 0.25) is 0 Å². The number of urea groups is 1. The number of aliphatic hydroxyl groups excluding tert-OH is 1. The van der Waals surface area contributed by atoms with E-state index in [-0.39, 0.29) is 24.8 Å². The van der Waals surface area contributed by atoms with E-state index in [0.717, 1.165) is 39.3 Å². The van der Waals surface area contributed by atoms with Crippen LogP contribution >= 0.6 is 11.8 Å². The molecule has 1 fully saturated rings. The molecular weight excluding hydrogens is 586 g/mol. The molecule has 0 spiro atoms. The van der Waals surface area contributed by atoms with E-state index in [2.05, 4.69) is 10.6 Å². The van der Waals surface area contributed by atoms with Gasteiger partial charge in [-0.3, -0.25) is 0 Å². The standard InChI is InChI=1S/C36H35N3O5S/c1-2-37-35(41)38-29-19-17-28(18-20-29)34-42-30(21-31(43-34)25-15-13-24(22-40)14-16-25)23-45-36-39-32(26-9-5-3-6-10-26)33(44-36)27-11-7-4-8-12-27/h3-20,30-31,34,40H,2,21-23H2,1H3,(H2,37,38,41)/t30-,31+,34+/m0/s1. The van der Waals surface area contributed by atoms with E-state index in [1.807, 2.05) is 116 Å². The van der Waals surface area contributed by atoms with Crippen LogP contribution in [0.15, 0.2) is 119 Å². The van der Waals surface area contributed by atoms with Crippen molar-refractivity contribution >= 4 is 23.5 Å². The lowest BCUT2D eigenvalue weighted by molar-refractivity contribution is -0.245. The molecule has 9 heteroatoms. The Bertz CT molecular complexity index is 1620. The van der Waals surface area contributed by atoms with E-state index in [4.69, 9.17) is 18.9 Å². The Morgan fingerprint density at radius 2 is 1.53 bits per heavy atom. The highest BCUT2D eigenvalue weighted by Crippen LogP contribution is 2.41. The summed E-state index contributed by atoms with van der Waals surface area (Å²) < 4.78 is 19.3. The molecule has 1 aliphatic heterocycles. The van der Waals surface area contributed by atoms with Gasteiger partial charge < -0.3 is 29.6 Å². The van der Waals surface area contributed by atoms with Gasteiger partial charge in [0.2, 0.25) is 0 Å². The van der Waals surface area contributed by atoms with Crippen LogP contribution in [0.1, 0.15) is 42.4 Å². The fraction of sp³-hybridized carbons (Fsp3) is 0.222. The maximum Gasteiger partial charge on any atom is 0.319 e. The maximum absolute atomic E-state index is 12.0. The lowest BCUT2D eigenvalue weighted by Gasteiger charge is -2.36. The number of aromatic nitrogens is 1. The van der Waals surface area contributed by atoms with Crippen molar-refractivity contribution in [2.24, 2.45) is 0 Å². The predicted molar refractivity (Wildman–Crippen MR) is 176 cm³/mol. The van der Waals surface area contributed by atoms with Crippen LogP contribution in [0.4, 0.5) is 10.5 Å². The Hall–Kier alpha value is -4.41. The van der Waals surface area contributed by atoms with E-state index < -0.39 is 6.29 Å². The third-order valence-electron chi connectivity index (χ3n) is 7.48. The van der Waals surface area contributed by atoms with E-state index in [9.17, 15) is 9.90 Å². The Labute approximate surface area is 266 Å². The predicted octanol–water partition coefficient (Wildman–Crippen LogP) is 7.98. The Kier molecular flexibility index (Phi) is 9.92. The third-order valence-corrected chi connectivity index (χ3v) is 8.44. The smallest absolute Gasteiger partial charge is 0.319 e. The Morgan fingerprint density at radius 3 is 2.20 bits per heavy atom. The molecule has 2 heterocycles. The van der Waals surface area contributed by atoms with Crippen molar-refractivity contribution in [1.29, 1.82) is 0 Å². The number of carbonyl (C=O) groups excluding carboxylic acids is 1. The number of amides is 2. The van der Waals surface area contributed by atoms with Crippen LogP contribution in [-0.4, -0.2) is 34.5 Å². The normalized spacial score (nSPS) is 18.0. The van der Waals surface area contributed by atoms with Gasteiger partial charge in [0.25, 0.3) is 5.22 Å². The molecule has 1 aliphatic rings. The molecule has 1 aromatic heterocycles. The molecule has 230 valence electrons. The number of aliphatic hydroxyl groups is 1. The van der Waals surface area contributed by atoms with Gasteiger partial charge in [-0.05, 0) is 30.2 Å². The number of carbonyl (C=O) groups is 1. The highest BCUT2D eigenvalue weighted by Gasteiger charge is 2.33. The van der Waals surface area contributed by atoms with Crippen molar-refractivity contribution < 1.29 is 23.8 Å². The van der Waals surface area contributed by atoms with Crippen LogP contribution in [0.25, 0.3) is 22.6 Å². The molecule has 1 saturated heterocycles. The molecule has 5 aromatic rings. The Balaban J connectivity index is 1.22. The number of thioether (sulfide) groups is 1. The summed E-state index contributed by atoms with van der Waals surface area (Å²) in [7, 11) is 0. The lowest BCUT2D eigenvalue weighted by Crippen LogP contribution is -2.31. The summed E-state index contributed by atoms with van der Waals surface area (Å²) in [4.78, 5) is 16.9. The van der Waals surface area contributed by atoms with E-state index in [0.29, 0.717) is 29.6 Å². The van der Waals surface area contributed by atoms with Crippen molar-refractivity contribution in [3.05, 3.63) is 126 Å². The SMILES string of the molecule is CCNC(=O)Nc1ccc([C@@H]2O[C@H](CSc3nc(-c4ccccc4)c(-c4ccccc4)o3)C[C@H](c3ccc(CO)cc3)O2)cc1. The fourth-order valence-corrected chi connectivity index (χ4v) is 6.03. The number of rotatable bonds is 10. The van der Waals surface area contributed by atoms with E-state index in [1.165, 1.54) is 11.8 Å². The van der Waals surface area contributed by atoms with Gasteiger partial charge in [0, 0.05) is 41.1 Å². The first-order chi connectivity index (χ1) is 22.1. The molecule has 0 saturated carbocycles. The fourth-order valence-electron chi connectivity index (χ4n) is 5.19. The van der Waals surface area contributed by atoms with Gasteiger partial charge in [0.15, 0.2) is 12.1 Å². The minimum absolute atomic E-state index is 0.0143. The van der Waals surface area contributed by atoms with Crippen LogP contribution < -0.4 is 10.6 Å². The van der Waals surface area contributed by atoms with Crippen LogP contribution in [0, 0.1) is 0 Å². The number of anilines is 1. The molecular formula is C36H35N3O5S. The summed E-state index contributed by atoms with van der Waals surface area (Å²) >= 11 is 1.52. The number of nitrogens with zero attached hydrogens (tertiary/aromatic N) is 1. The highest BCUT2D eigenvalue weighted by atomic mass is 32.2. The van der Waals surface area contributed by atoms with Gasteiger partial charge in [0.1, 0.15) is 5.69 Å². The molecule has 6 rings (SSSR count). The zero-order valence-corrected chi connectivity index (χ0v) is 25.7. The first-order valence-corrected chi connectivity index (χ1v) is 16.0. The van der Waals surface area contributed by atoms with Crippen molar-refractivity contribution in [2.75, 3.05) is 17.6 Å². The largest absolute Gasteiger partial charge is 0.431 e. The monoisotopic (exact) mass is 621 g/mol. The third kappa shape index (κ3) is 7.64. The molecule has 8 nitrogen and oxygen atoms in total. The van der Waals surface area contributed by atoms with Gasteiger partial charge in [-0.25, -0.2) is 9.78 Å². The zero-order valence-electron chi connectivity index (χ0n) is 24.9. The quantitative estimate of drug-likeness (QED) is 0.136. The van der Waals surface area contributed by atoms with Gasteiger partial charge >= 0.3 is 6.03 Å². The molecule has 0 radical (unpaired) electrons. The highest BCUT2D eigenvalue weighted by molar-refractivity contribution is 7.99. The first kappa shape index (κ1) is 30.6. The minimum Gasteiger partial charge on any atom is -0.431 e. The van der Waals surface area contributed by atoms with Crippen LogP contribution in [0.5, 0.6) is 0 Å². The average Bonchev–Trinajstić information content (AvgIpc) is 3.53. The van der Waals surface area contributed by atoms with Crippen molar-refractivity contribution in [3.8, 4) is 22.6 Å². The van der Waals surface area contributed by atoms with Crippen molar-refractivity contribution in [2.45, 2.75) is 43.7 Å². The first-order valence-electron chi connectivity index (χ1n) is 15.0. The van der Waals surface area contributed by atoms with Crippen molar-refractivity contribution in [1.82, 2.24) is 10.3 Å². The lowest BCUT2D eigenvalue weighted by atomic mass is 10.0. The number of oxazole rings is 1. The molecule has 2 amide bonds. The topological polar surface area (TPSA) is 106 Å². The summed E-state index contributed by atoms with van der Waals surface area (Å²) in [5.41, 5.74) is 6.14. The zero-order chi connectivity index (χ0) is 31.0. The second-order valence-corrected chi connectivity index (χ2v) is 11.6. The number of hydrogen-bond donors (Lipinski definition) is 3. The van der Waals surface area contributed by atoms with Gasteiger partial charge in [0.05, 0.1) is 18.8 Å². The molecule has 45 heavy (non-hydrogen) atoms. The second-order valence-electron chi connectivity index (χ2n) is 10.7. The van der Waals surface area contributed by atoms with Crippen molar-refractivity contribution in [3.63, 3.8) is 0 Å². The number of hydrogen-bond acceptors (Lipinski definition) is 7. The summed E-state index contributed by atoms with van der Waals surface area (Å²) in [6.07, 6.45) is -0.373. The van der Waals surface area contributed by atoms with Gasteiger partial charge in [-0.2, -0.15) is 0 Å². The number of ether oxygens (including phenoxy) is 2. The molecule has 0 bridgehead atoms. The van der Waals surface area contributed by atoms with E-state index in [1.54, 1.807) is 0 Å².